The zero-order valence-electron chi connectivity index (χ0n) is 22.8. The third-order valence-electron chi connectivity index (χ3n) is 10.2. The Bertz CT molecular complexity index is 959. The number of fused-ring (bicyclic) bond motifs is 2. The summed E-state index contributed by atoms with van der Waals surface area (Å²) < 4.78 is 13.5. The van der Waals surface area contributed by atoms with Gasteiger partial charge in [-0.25, -0.2) is 0 Å². The van der Waals surface area contributed by atoms with Gasteiger partial charge in [0.05, 0.1) is 30.1 Å². The Hall–Kier alpha value is -1.73. The van der Waals surface area contributed by atoms with Crippen molar-refractivity contribution in [2.45, 2.75) is 108 Å². The summed E-state index contributed by atoms with van der Waals surface area (Å²) in [4.78, 5) is 17.8. The number of hydrogen-bond acceptors (Lipinski definition) is 5. The quantitative estimate of drug-likeness (QED) is 0.448. The fourth-order valence-electron chi connectivity index (χ4n) is 8.17. The van der Waals surface area contributed by atoms with E-state index in [0.717, 1.165) is 64.6 Å². The number of ether oxygens (including phenoxy) is 2. The van der Waals surface area contributed by atoms with Gasteiger partial charge in [-0.15, -0.1) is 0 Å². The summed E-state index contributed by atoms with van der Waals surface area (Å²) in [5.41, 5.74) is -0.488. The smallest absolute Gasteiger partial charge is 0.227 e. The highest BCUT2D eigenvalue weighted by molar-refractivity contribution is 5.78. The minimum atomic E-state index is -0.614. The van der Waals surface area contributed by atoms with Crippen LogP contribution in [0.15, 0.2) is 48.6 Å². The van der Waals surface area contributed by atoms with Crippen LogP contribution in [0.5, 0.6) is 0 Å². The second kappa shape index (κ2) is 11.8. The molecule has 1 N–H and O–H groups in total. The lowest BCUT2D eigenvalue weighted by Gasteiger charge is -2.57. The van der Waals surface area contributed by atoms with Crippen molar-refractivity contribution in [1.29, 1.82) is 0 Å². The molecule has 0 saturated carbocycles. The number of carbonyl (C=O) groups excluding carboxylic acids is 1. The lowest BCUT2D eigenvalue weighted by atomic mass is 9.61. The number of allylic oxidation sites excluding steroid dienone is 6. The highest BCUT2D eigenvalue weighted by atomic mass is 16.5. The summed E-state index contributed by atoms with van der Waals surface area (Å²) in [6.45, 7) is 2.79. The van der Waals surface area contributed by atoms with Gasteiger partial charge < -0.3 is 19.5 Å². The van der Waals surface area contributed by atoms with Gasteiger partial charge >= 0.3 is 0 Å². The second-order valence-electron chi connectivity index (χ2n) is 12.4. The van der Waals surface area contributed by atoms with Crippen LogP contribution in [0.2, 0.25) is 0 Å². The first kappa shape index (κ1) is 26.5. The molecule has 1 amide bonds. The Kier molecular flexibility index (Phi) is 8.22. The van der Waals surface area contributed by atoms with E-state index in [4.69, 9.17) is 9.47 Å². The molecule has 208 valence electrons. The maximum atomic E-state index is 13.3. The average molecular weight is 523 g/mol. The van der Waals surface area contributed by atoms with Crippen LogP contribution in [0.1, 0.15) is 77.0 Å². The fourth-order valence-corrected chi connectivity index (χ4v) is 8.17. The molecule has 6 nitrogen and oxygen atoms in total. The van der Waals surface area contributed by atoms with E-state index in [1.54, 1.807) is 0 Å². The summed E-state index contributed by atoms with van der Waals surface area (Å²) in [6.07, 6.45) is 28.8. The molecule has 1 aliphatic carbocycles. The zero-order chi connectivity index (χ0) is 26.0. The molecule has 5 aliphatic heterocycles. The van der Waals surface area contributed by atoms with Gasteiger partial charge in [-0.1, -0.05) is 61.4 Å². The highest BCUT2D eigenvalue weighted by Gasteiger charge is 2.57. The van der Waals surface area contributed by atoms with E-state index in [0.29, 0.717) is 18.4 Å². The number of carbonyl (C=O) groups is 1. The third kappa shape index (κ3) is 5.22. The molecule has 8 atom stereocenters. The first-order valence-electron chi connectivity index (χ1n) is 15.3. The Morgan fingerprint density at radius 2 is 1.71 bits per heavy atom. The van der Waals surface area contributed by atoms with Crippen LogP contribution < -0.4 is 0 Å². The Morgan fingerprint density at radius 3 is 2.63 bits per heavy atom. The van der Waals surface area contributed by atoms with E-state index in [-0.39, 0.29) is 30.4 Å². The number of nitrogens with zero attached hydrogens (tertiary/aromatic N) is 2. The zero-order valence-corrected chi connectivity index (χ0v) is 22.8. The minimum Gasteiger partial charge on any atom is -0.388 e. The predicted octanol–water partition coefficient (Wildman–Crippen LogP) is 5.11. The number of piperidine rings is 2. The van der Waals surface area contributed by atoms with E-state index in [9.17, 15) is 9.90 Å². The maximum absolute atomic E-state index is 13.3. The first-order chi connectivity index (χ1) is 18.6. The lowest BCUT2D eigenvalue weighted by Crippen LogP contribution is -2.66. The molecule has 6 aliphatic rings. The molecule has 0 aromatic heterocycles. The lowest BCUT2D eigenvalue weighted by molar-refractivity contribution is -0.241. The summed E-state index contributed by atoms with van der Waals surface area (Å²) in [5.74, 6) is 0.994. The Balaban J connectivity index is 1.25. The van der Waals surface area contributed by atoms with E-state index in [1.807, 2.05) is 11.0 Å². The number of aliphatic hydroxyl groups excluding tert-OH is 1. The van der Waals surface area contributed by atoms with Gasteiger partial charge in [-0.05, 0) is 69.6 Å². The summed E-state index contributed by atoms with van der Waals surface area (Å²) in [6, 6.07) is 0. The van der Waals surface area contributed by atoms with Crippen molar-refractivity contribution in [1.82, 2.24) is 9.80 Å². The Labute approximate surface area is 228 Å². The van der Waals surface area contributed by atoms with Gasteiger partial charge in [-0.2, -0.15) is 0 Å². The van der Waals surface area contributed by atoms with E-state index in [1.165, 1.54) is 25.7 Å². The van der Waals surface area contributed by atoms with Gasteiger partial charge in [0.25, 0.3) is 0 Å². The molecule has 4 bridgehead atoms. The molecule has 0 aromatic rings. The fraction of sp³-hybridized carbons (Fsp3) is 0.719. The predicted molar refractivity (Wildman–Crippen MR) is 148 cm³/mol. The van der Waals surface area contributed by atoms with Crippen LogP contribution in [0.25, 0.3) is 0 Å². The standard InChI is InChI=1S/C32H46N2O4/c35-28-16-8-13-25-12-4-2-1-3-7-20-33-21-9-11-24-17-18-26(37-30(24)33)14-5-6-15-27-23-29(36)34-22-10-19-32(25,28)31(34)38-27/h1-4,7-8,12,16,24-28,30-31,35H,5-6,9-11,13-15,17-23H2/b2-1+,7-3-,12-4+/t24-,25+,26+,27-,28-,30+,31+,32?/m1/s1. The van der Waals surface area contributed by atoms with Crippen molar-refractivity contribution in [3.8, 4) is 0 Å². The number of aliphatic hydroxyl groups is 1. The first-order valence-corrected chi connectivity index (χ1v) is 15.3. The van der Waals surface area contributed by atoms with Gasteiger partial charge in [0.2, 0.25) is 5.91 Å². The van der Waals surface area contributed by atoms with E-state index >= 15 is 0 Å². The van der Waals surface area contributed by atoms with Crippen molar-refractivity contribution in [2.24, 2.45) is 17.3 Å². The third-order valence-corrected chi connectivity index (χ3v) is 10.2. The van der Waals surface area contributed by atoms with Crippen LogP contribution in [0.3, 0.4) is 0 Å². The molecule has 4 saturated heterocycles. The molecule has 5 heterocycles. The largest absolute Gasteiger partial charge is 0.388 e. The topological polar surface area (TPSA) is 62.2 Å². The molecular weight excluding hydrogens is 476 g/mol. The van der Waals surface area contributed by atoms with Crippen LogP contribution in [-0.4, -0.2) is 71.2 Å². The summed E-state index contributed by atoms with van der Waals surface area (Å²) in [5, 5.41) is 11.4. The monoisotopic (exact) mass is 522 g/mol. The van der Waals surface area contributed by atoms with Crippen LogP contribution in [0.4, 0.5) is 0 Å². The molecule has 0 radical (unpaired) electrons. The number of rotatable bonds is 0. The van der Waals surface area contributed by atoms with Crippen LogP contribution in [0, 0.1) is 17.3 Å². The van der Waals surface area contributed by atoms with Gasteiger partial charge in [0, 0.05) is 19.6 Å². The van der Waals surface area contributed by atoms with E-state index < -0.39 is 11.5 Å². The number of hydrogen-bond donors (Lipinski definition) is 1. The number of amides is 1. The Morgan fingerprint density at radius 1 is 0.842 bits per heavy atom. The molecule has 1 unspecified atom stereocenters. The van der Waals surface area contributed by atoms with Crippen molar-refractivity contribution in [3.05, 3.63) is 48.6 Å². The maximum Gasteiger partial charge on any atom is 0.227 e. The average Bonchev–Trinajstić information content (AvgIpc) is 2.93. The molecule has 4 fully saturated rings. The SMILES string of the molecule is O=C1C[C@H]2CCCC[C@H]3CC[C@H]4CCCN(C\C=C/C=C/C=C/[C@H]5CC=C[C@@H](O)C56CCCN1[C@H]6O2)[C@H]4O3. The van der Waals surface area contributed by atoms with Crippen molar-refractivity contribution >= 4 is 5.91 Å². The highest BCUT2D eigenvalue weighted by Crippen LogP contribution is 2.52. The molecule has 6 heteroatoms. The van der Waals surface area contributed by atoms with E-state index in [2.05, 4.69) is 47.4 Å². The van der Waals surface area contributed by atoms with Crippen molar-refractivity contribution in [3.63, 3.8) is 0 Å². The molecule has 38 heavy (non-hydrogen) atoms. The summed E-state index contributed by atoms with van der Waals surface area (Å²) >= 11 is 0. The molecular formula is C32H46N2O4. The van der Waals surface area contributed by atoms with Crippen molar-refractivity contribution < 1.29 is 19.4 Å². The van der Waals surface area contributed by atoms with Gasteiger partial charge in [0.1, 0.15) is 12.5 Å². The van der Waals surface area contributed by atoms with Gasteiger partial charge in [-0.3, -0.25) is 9.69 Å². The minimum absolute atomic E-state index is 0.0671. The second-order valence-corrected chi connectivity index (χ2v) is 12.4. The van der Waals surface area contributed by atoms with Gasteiger partial charge in [0.15, 0.2) is 0 Å². The molecule has 0 aromatic carbocycles. The van der Waals surface area contributed by atoms with Crippen LogP contribution in [-0.2, 0) is 14.3 Å². The van der Waals surface area contributed by atoms with Crippen molar-refractivity contribution in [2.75, 3.05) is 19.6 Å². The molecule has 6 rings (SSSR count). The molecule has 1 spiro atoms. The van der Waals surface area contributed by atoms with Crippen LogP contribution >= 0.6 is 0 Å². The normalized spacial score (nSPS) is 45.0. The summed E-state index contributed by atoms with van der Waals surface area (Å²) in [7, 11) is 0.